The first-order chi connectivity index (χ1) is 24.0. The van der Waals surface area contributed by atoms with Gasteiger partial charge in [0.25, 0.3) is 5.56 Å². The molecule has 4 aromatic rings. The Balaban J connectivity index is 1.23. The maximum Gasteiger partial charge on any atom is 0.252 e. The molecule has 274 valence electrons. The third-order valence-electron chi connectivity index (χ3n) is 9.29. The van der Waals surface area contributed by atoms with E-state index in [1.165, 1.54) is 55.8 Å². The summed E-state index contributed by atoms with van der Waals surface area (Å²) in [6, 6.07) is 11.6. The Bertz CT molecular complexity index is 2350. The number of aromatic nitrogens is 3. The Morgan fingerprint density at radius 1 is 0.961 bits per heavy atom. The maximum absolute atomic E-state index is 15.4. The van der Waals surface area contributed by atoms with Crippen LogP contribution >= 0.6 is 0 Å². The average Bonchev–Trinajstić information content (AvgIpc) is 3.05. The molecule has 4 heterocycles. The van der Waals surface area contributed by atoms with Crippen LogP contribution in [0.25, 0.3) is 22.2 Å². The van der Waals surface area contributed by atoms with Gasteiger partial charge in [0.15, 0.2) is 0 Å². The molecule has 2 aromatic carbocycles. The van der Waals surface area contributed by atoms with Crippen LogP contribution in [0.3, 0.4) is 0 Å². The molecule has 19 heteroatoms. The van der Waals surface area contributed by atoms with E-state index >= 15 is 4.39 Å². The maximum atomic E-state index is 15.4. The Labute approximate surface area is 295 Å². The molecule has 2 aromatic heterocycles. The normalized spacial score (nSPS) is 20.1. The summed E-state index contributed by atoms with van der Waals surface area (Å²) in [5.41, 5.74) is 6.72. The van der Waals surface area contributed by atoms with Crippen LogP contribution in [0.4, 0.5) is 10.3 Å². The molecule has 0 spiro atoms. The Morgan fingerprint density at radius 3 is 2.39 bits per heavy atom. The summed E-state index contributed by atoms with van der Waals surface area (Å²) in [6.07, 6.45) is 4.19. The molecule has 0 radical (unpaired) electrons. The summed E-state index contributed by atoms with van der Waals surface area (Å²) >= 11 is 0. The number of nitrogens with zero attached hydrogens (tertiary/aromatic N) is 5. The van der Waals surface area contributed by atoms with Gasteiger partial charge in [0.2, 0.25) is 36.0 Å². The van der Waals surface area contributed by atoms with Gasteiger partial charge in [0.1, 0.15) is 11.5 Å². The van der Waals surface area contributed by atoms with Crippen molar-refractivity contribution in [1.82, 2.24) is 23.1 Å². The molecule has 5 N–H and O–H groups in total. The summed E-state index contributed by atoms with van der Waals surface area (Å²) in [5, 5.41) is 8.98. The molecule has 2 aliphatic rings. The fourth-order valence-electron chi connectivity index (χ4n) is 6.64. The average molecular weight is 763 g/mol. The minimum Gasteiger partial charge on any atom is -0.351 e. The van der Waals surface area contributed by atoms with Crippen LogP contribution in [0.5, 0.6) is 0 Å². The summed E-state index contributed by atoms with van der Waals surface area (Å²) in [4.78, 5) is 21.9. The fraction of sp³-hybridized carbons (Fsp3) is 0.406. The van der Waals surface area contributed by atoms with E-state index in [1.54, 1.807) is 18.2 Å². The summed E-state index contributed by atoms with van der Waals surface area (Å²) in [7, 11) is -11.5. The highest BCUT2D eigenvalue weighted by Crippen LogP contribution is 2.28. The van der Waals surface area contributed by atoms with Gasteiger partial charge in [-0.3, -0.25) is 9.36 Å². The molecule has 2 fully saturated rings. The molecule has 0 aliphatic carbocycles. The number of nitrogens with one attached hydrogen (secondary N) is 1. The predicted octanol–water partition coefficient (Wildman–Crippen LogP) is 1.25. The smallest absolute Gasteiger partial charge is 0.252 e. The molecule has 2 unspecified atom stereocenters. The van der Waals surface area contributed by atoms with Crippen LogP contribution in [0.15, 0.2) is 70.5 Å². The highest BCUT2D eigenvalue weighted by atomic mass is 32.2. The first kappa shape index (κ1) is 36.9. The number of anilines is 1. The number of hydrogen-bond acceptors (Lipinski definition) is 11. The summed E-state index contributed by atoms with van der Waals surface area (Å²) in [5.74, 6) is -0.855. The largest absolute Gasteiger partial charge is 0.351 e. The zero-order valence-electron chi connectivity index (χ0n) is 27.7. The van der Waals surface area contributed by atoms with Crippen molar-refractivity contribution in [2.45, 2.75) is 55.2 Å². The number of rotatable bonds is 10. The topological polar surface area (TPSA) is 221 Å². The molecule has 2 atom stereocenters. The number of halogens is 1. The van der Waals surface area contributed by atoms with Crippen molar-refractivity contribution in [3.05, 3.63) is 82.5 Å². The Hall–Kier alpha value is -3.85. The van der Waals surface area contributed by atoms with E-state index in [0.717, 1.165) is 6.26 Å². The number of pyridine rings is 1. The quantitative estimate of drug-likeness (QED) is 0.209. The monoisotopic (exact) mass is 762 g/mol. The van der Waals surface area contributed by atoms with Crippen molar-refractivity contribution in [2.24, 2.45) is 10.9 Å². The minimum absolute atomic E-state index is 0.0465. The van der Waals surface area contributed by atoms with Gasteiger partial charge in [-0.1, -0.05) is 24.3 Å². The van der Waals surface area contributed by atoms with E-state index in [4.69, 9.17) is 10.9 Å². The Kier molecular flexibility index (Phi) is 10.3. The van der Waals surface area contributed by atoms with Crippen LogP contribution < -0.4 is 21.7 Å². The Morgan fingerprint density at radius 2 is 1.71 bits per heavy atom. The first-order valence-corrected chi connectivity index (χ1v) is 21.2. The van der Waals surface area contributed by atoms with Crippen molar-refractivity contribution in [1.29, 1.82) is 0 Å². The minimum atomic E-state index is -3.99. The number of nitrogens with two attached hydrogens (primary N) is 2. The van der Waals surface area contributed by atoms with Crippen molar-refractivity contribution in [3.8, 4) is 11.1 Å². The van der Waals surface area contributed by atoms with Gasteiger partial charge in [-0.2, -0.15) is 9.29 Å². The lowest BCUT2D eigenvalue weighted by atomic mass is 10.0. The molecule has 0 bridgehead atoms. The van der Waals surface area contributed by atoms with Crippen LogP contribution in [-0.2, 0) is 36.6 Å². The van der Waals surface area contributed by atoms with Crippen molar-refractivity contribution in [3.63, 3.8) is 0 Å². The highest BCUT2D eigenvalue weighted by molar-refractivity contribution is 7.89. The van der Waals surface area contributed by atoms with Crippen LogP contribution in [0.1, 0.15) is 31.2 Å². The highest BCUT2D eigenvalue weighted by Gasteiger charge is 2.39. The second kappa shape index (κ2) is 14.3. The zero-order chi connectivity index (χ0) is 36.7. The van der Waals surface area contributed by atoms with E-state index in [2.05, 4.69) is 15.3 Å². The van der Waals surface area contributed by atoms with Gasteiger partial charge < -0.3 is 11.1 Å². The standard InChI is InChI=1S/C32H39FN8O7S3/c1-49(43,44)41-14-11-25(17-26(41)20-50(45,46)39-12-9-24(34)10-13-39)37-32-36-18-23-6-8-30(42)40(31(23)38-32)19-21-5-7-28(29(33)15-21)22-3-2-4-27(16-22)51(35,47)48/h2-8,15-16,18,24-26H,9-14,17,19-20,34H2,1H3,(H2,35,47,48)(H,36,37,38). The molecule has 6 rings (SSSR count). The third-order valence-corrected chi connectivity index (χ3v) is 13.5. The van der Waals surface area contributed by atoms with Crippen molar-refractivity contribution < 1.29 is 29.6 Å². The molecule has 0 saturated carbocycles. The van der Waals surface area contributed by atoms with Gasteiger partial charge >= 0.3 is 0 Å². The van der Waals surface area contributed by atoms with E-state index in [0.29, 0.717) is 35.8 Å². The number of piperidine rings is 2. The third kappa shape index (κ3) is 8.45. The number of benzene rings is 2. The lowest BCUT2D eigenvalue weighted by Gasteiger charge is -2.39. The lowest BCUT2D eigenvalue weighted by molar-refractivity contribution is 0.252. The second-order valence-electron chi connectivity index (χ2n) is 13.0. The number of primary sulfonamides is 1. The lowest BCUT2D eigenvalue weighted by Crippen LogP contribution is -2.54. The first-order valence-electron chi connectivity index (χ1n) is 16.2. The predicted molar refractivity (Wildman–Crippen MR) is 191 cm³/mol. The molecule has 51 heavy (non-hydrogen) atoms. The molecular formula is C32H39FN8O7S3. The molecular weight excluding hydrogens is 724 g/mol. The second-order valence-corrected chi connectivity index (χ2v) is 18.5. The molecule has 2 aliphatic heterocycles. The SMILES string of the molecule is CS(=O)(=O)N1CCC(Nc2ncc3ccc(=O)n(Cc4ccc(-c5cccc(S(N)(=O)=O)c5)c(F)c4)c3n2)CC1CS(=O)(=O)N1CCC(N)CC1. The number of hydrogen-bond donors (Lipinski definition) is 3. The van der Waals surface area contributed by atoms with Crippen LogP contribution in [0, 0.1) is 5.82 Å². The summed E-state index contributed by atoms with van der Waals surface area (Å²) in [6.45, 7) is 0.618. The van der Waals surface area contributed by atoms with Gasteiger partial charge in [-0.25, -0.2) is 44.1 Å². The van der Waals surface area contributed by atoms with Crippen LogP contribution in [-0.4, -0.2) is 98.2 Å². The molecule has 2 saturated heterocycles. The fourth-order valence-corrected chi connectivity index (χ4v) is 10.2. The van der Waals surface area contributed by atoms with E-state index < -0.39 is 47.5 Å². The van der Waals surface area contributed by atoms with E-state index in [-0.39, 0.29) is 72.5 Å². The summed E-state index contributed by atoms with van der Waals surface area (Å²) < 4.78 is 95.0. The molecule has 15 nitrogen and oxygen atoms in total. The van der Waals surface area contributed by atoms with E-state index in [1.807, 2.05) is 0 Å². The van der Waals surface area contributed by atoms with Gasteiger partial charge in [0.05, 0.1) is 23.4 Å². The number of sulfonamides is 3. The van der Waals surface area contributed by atoms with Gasteiger partial charge in [-0.15, -0.1) is 0 Å². The van der Waals surface area contributed by atoms with Gasteiger partial charge in [0, 0.05) is 61.0 Å². The molecule has 0 amide bonds. The zero-order valence-corrected chi connectivity index (χ0v) is 30.2. The van der Waals surface area contributed by atoms with Crippen LogP contribution in [0.2, 0.25) is 0 Å². The van der Waals surface area contributed by atoms with E-state index in [9.17, 15) is 30.0 Å². The number of fused-ring (bicyclic) bond motifs is 1. The van der Waals surface area contributed by atoms with Crippen molar-refractivity contribution in [2.75, 3.05) is 37.0 Å². The van der Waals surface area contributed by atoms with Crippen molar-refractivity contribution >= 4 is 47.1 Å². The van der Waals surface area contributed by atoms with Gasteiger partial charge in [-0.05, 0) is 61.1 Å².